The van der Waals surface area contributed by atoms with E-state index in [2.05, 4.69) is 0 Å². The molecule has 0 radical (unpaired) electrons. The van der Waals surface area contributed by atoms with E-state index >= 15 is 0 Å². The molecular weight excluding hydrogens is 156 g/mol. The van der Waals surface area contributed by atoms with Crippen molar-refractivity contribution in [3.63, 3.8) is 0 Å². The van der Waals surface area contributed by atoms with E-state index in [-0.39, 0.29) is 17.8 Å². The average Bonchev–Trinajstić information content (AvgIpc) is 2.09. The second-order valence-electron chi connectivity index (χ2n) is 3.20. The number of methoxy groups -OCH3 is 1. The van der Waals surface area contributed by atoms with E-state index in [0.717, 1.165) is 12.7 Å². The van der Waals surface area contributed by atoms with Gasteiger partial charge in [0.05, 0.1) is 6.10 Å². The smallest absolute Gasteiger partial charge is 0.136 e. The van der Waals surface area contributed by atoms with E-state index in [0.29, 0.717) is 19.3 Å². The topological polar surface area (TPSA) is 43.4 Å². The van der Waals surface area contributed by atoms with Crippen LogP contribution in [0.4, 0.5) is 0 Å². The van der Waals surface area contributed by atoms with Gasteiger partial charge in [-0.1, -0.05) is 0 Å². The van der Waals surface area contributed by atoms with Crippen LogP contribution in [0.25, 0.3) is 0 Å². The quantitative estimate of drug-likeness (QED) is 0.592. The Morgan fingerprint density at radius 3 is 3.00 bits per heavy atom. The summed E-state index contributed by atoms with van der Waals surface area (Å²) in [6, 6.07) is 0. The van der Waals surface area contributed by atoms with Crippen LogP contribution in [0.15, 0.2) is 0 Å². The van der Waals surface area contributed by atoms with Crippen LogP contribution in [0.1, 0.15) is 25.7 Å². The Labute approximate surface area is 72.1 Å². The molecule has 1 saturated carbocycles. The predicted octanol–water partition coefficient (Wildman–Crippen LogP) is 0.960. The molecule has 1 fully saturated rings. The number of hydrogen-bond acceptors (Lipinski definition) is 3. The summed E-state index contributed by atoms with van der Waals surface area (Å²) in [5.74, 6) is 0.136. The Bertz CT molecular complexity index is 177. The lowest BCUT2D eigenvalue weighted by molar-refractivity contribution is -0.129. The molecular formula is C9H14O3. The minimum atomic E-state index is -0.0822. The van der Waals surface area contributed by atoms with Gasteiger partial charge in [0.1, 0.15) is 12.1 Å². The normalized spacial score (nSPS) is 30.2. The van der Waals surface area contributed by atoms with Gasteiger partial charge in [0.15, 0.2) is 0 Å². The van der Waals surface area contributed by atoms with E-state index in [4.69, 9.17) is 4.74 Å². The maximum Gasteiger partial charge on any atom is 0.136 e. The molecule has 0 aliphatic heterocycles. The van der Waals surface area contributed by atoms with Crippen molar-refractivity contribution in [2.24, 2.45) is 5.92 Å². The van der Waals surface area contributed by atoms with Crippen LogP contribution in [0.3, 0.4) is 0 Å². The highest BCUT2D eigenvalue weighted by molar-refractivity contribution is 5.83. The number of Topliss-reactive ketones (excluding diaryl/α,β-unsaturated/α-hetero) is 1. The van der Waals surface area contributed by atoms with Crippen LogP contribution in [0, 0.1) is 5.92 Å². The lowest BCUT2D eigenvalue weighted by Gasteiger charge is -2.25. The average molecular weight is 170 g/mol. The zero-order chi connectivity index (χ0) is 8.97. The van der Waals surface area contributed by atoms with Gasteiger partial charge in [0.25, 0.3) is 0 Å². The molecule has 3 heteroatoms. The van der Waals surface area contributed by atoms with E-state index in [1.165, 1.54) is 0 Å². The first-order valence-corrected chi connectivity index (χ1v) is 4.27. The first-order valence-electron chi connectivity index (χ1n) is 4.27. The van der Waals surface area contributed by atoms with Crippen molar-refractivity contribution < 1.29 is 14.3 Å². The van der Waals surface area contributed by atoms with Crippen molar-refractivity contribution in [3.8, 4) is 0 Å². The SMILES string of the molecule is COC1CCC(=O)C(CC=O)C1. The molecule has 1 aliphatic rings. The summed E-state index contributed by atoms with van der Waals surface area (Å²) >= 11 is 0. The van der Waals surface area contributed by atoms with E-state index in [9.17, 15) is 9.59 Å². The van der Waals surface area contributed by atoms with Gasteiger partial charge >= 0.3 is 0 Å². The van der Waals surface area contributed by atoms with Crippen molar-refractivity contribution >= 4 is 12.1 Å². The van der Waals surface area contributed by atoms with Crippen molar-refractivity contribution in [2.45, 2.75) is 31.8 Å². The summed E-state index contributed by atoms with van der Waals surface area (Å²) in [5, 5.41) is 0. The zero-order valence-electron chi connectivity index (χ0n) is 7.29. The molecule has 1 aliphatic carbocycles. The standard InChI is InChI=1S/C9H14O3/c1-12-8-2-3-9(11)7(6-8)4-5-10/h5,7-8H,2-4,6H2,1H3. The van der Waals surface area contributed by atoms with Crippen LogP contribution < -0.4 is 0 Å². The summed E-state index contributed by atoms with van der Waals surface area (Å²) in [6.45, 7) is 0. The third kappa shape index (κ3) is 2.14. The minimum Gasteiger partial charge on any atom is -0.381 e. The van der Waals surface area contributed by atoms with Crippen LogP contribution in [0.5, 0.6) is 0 Å². The summed E-state index contributed by atoms with van der Waals surface area (Å²) in [7, 11) is 1.65. The highest BCUT2D eigenvalue weighted by Gasteiger charge is 2.27. The van der Waals surface area contributed by atoms with Gasteiger partial charge in [-0.2, -0.15) is 0 Å². The zero-order valence-corrected chi connectivity index (χ0v) is 7.29. The fourth-order valence-electron chi connectivity index (χ4n) is 1.63. The molecule has 3 nitrogen and oxygen atoms in total. The molecule has 1 rings (SSSR count). The molecule has 12 heavy (non-hydrogen) atoms. The number of hydrogen-bond donors (Lipinski definition) is 0. The number of aldehydes is 1. The van der Waals surface area contributed by atoms with Crippen molar-refractivity contribution in [1.29, 1.82) is 0 Å². The molecule has 0 heterocycles. The van der Waals surface area contributed by atoms with Crippen LogP contribution in [0.2, 0.25) is 0 Å². The Balaban J connectivity index is 2.46. The largest absolute Gasteiger partial charge is 0.381 e. The fraction of sp³-hybridized carbons (Fsp3) is 0.778. The molecule has 68 valence electrons. The van der Waals surface area contributed by atoms with Gasteiger partial charge in [0, 0.05) is 25.9 Å². The number of carbonyl (C=O) groups excluding carboxylic acids is 2. The maximum atomic E-state index is 11.2. The monoisotopic (exact) mass is 170 g/mol. The van der Waals surface area contributed by atoms with Gasteiger partial charge in [-0.3, -0.25) is 4.79 Å². The molecule has 0 N–H and O–H groups in total. The number of ether oxygens (including phenoxy) is 1. The van der Waals surface area contributed by atoms with Crippen LogP contribution in [-0.4, -0.2) is 25.3 Å². The summed E-state index contributed by atoms with van der Waals surface area (Å²) in [4.78, 5) is 21.5. The molecule has 0 spiro atoms. The third-order valence-corrected chi connectivity index (χ3v) is 2.43. The highest BCUT2D eigenvalue weighted by atomic mass is 16.5. The van der Waals surface area contributed by atoms with Crippen molar-refractivity contribution in [1.82, 2.24) is 0 Å². The molecule has 0 bridgehead atoms. The molecule has 0 amide bonds. The van der Waals surface area contributed by atoms with Crippen LogP contribution in [-0.2, 0) is 14.3 Å². The predicted molar refractivity (Wildman–Crippen MR) is 43.8 cm³/mol. The Morgan fingerprint density at radius 1 is 1.67 bits per heavy atom. The highest BCUT2D eigenvalue weighted by Crippen LogP contribution is 2.24. The molecule has 0 aromatic carbocycles. The van der Waals surface area contributed by atoms with E-state index in [1.54, 1.807) is 7.11 Å². The molecule has 0 aromatic rings. The second-order valence-corrected chi connectivity index (χ2v) is 3.20. The van der Waals surface area contributed by atoms with E-state index < -0.39 is 0 Å². The lowest BCUT2D eigenvalue weighted by Crippen LogP contribution is -2.29. The van der Waals surface area contributed by atoms with Gasteiger partial charge in [-0.25, -0.2) is 0 Å². The summed E-state index contributed by atoms with van der Waals surface area (Å²) < 4.78 is 5.15. The minimum absolute atomic E-state index is 0.0822. The molecule has 2 atom stereocenters. The Kier molecular flexibility index (Phi) is 3.41. The second kappa shape index (κ2) is 4.36. The Morgan fingerprint density at radius 2 is 2.42 bits per heavy atom. The van der Waals surface area contributed by atoms with Gasteiger partial charge in [0.2, 0.25) is 0 Å². The molecule has 2 unspecified atom stereocenters. The first-order chi connectivity index (χ1) is 5.77. The molecule has 0 aromatic heterocycles. The number of carbonyl (C=O) groups is 2. The lowest BCUT2D eigenvalue weighted by atomic mass is 9.84. The summed E-state index contributed by atoms with van der Waals surface area (Å²) in [6.07, 6.45) is 3.45. The first kappa shape index (κ1) is 9.39. The van der Waals surface area contributed by atoms with Gasteiger partial charge < -0.3 is 9.53 Å². The third-order valence-electron chi connectivity index (χ3n) is 2.43. The Hall–Kier alpha value is -0.700. The number of rotatable bonds is 3. The van der Waals surface area contributed by atoms with Crippen molar-refractivity contribution in [3.05, 3.63) is 0 Å². The maximum absolute atomic E-state index is 11.2. The van der Waals surface area contributed by atoms with Gasteiger partial charge in [-0.15, -0.1) is 0 Å². The molecule has 0 saturated heterocycles. The van der Waals surface area contributed by atoms with Crippen LogP contribution >= 0.6 is 0 Å². The van der Waals surface area contributed by atoms with Crippen molar-refractivity contribution in [2.75, 3.05) is 7.11 Å². The van der Waals surface area contributed by atoms with E-state index in [1.807, 2.05) is 0 Å². The van der Waals surface area contributed by atoms with Gasteiger partial charge in [-0.05, 0) is 12.8 Å². The summed E-state index contributed by atoms with van der Waals surface area (Å²) in [5.41, 5.74) is 0. The fourth-order valence-corrected chi connectivity index (χ4v) is 1.63. The number of ketones is 1.